The second-order valence-corrected chi connectivity index (χ2v) is 6.69. The molecule has 0 spiro atoms. The van der Waals surface area contributed by atoms with Crippen LogP contribution in [0.25, 0.3) is 0 Å². The first-order chi connectivity index (χ1) is 11.0. The Morgan fingerprint density at radius 1 is 1.30 bits per heavy atom. The van der Waals surface area contributed by atoms with Crippen LogP contribution in [0.5, 0.6) is 0 Å². The number of nitrogens with one attached hydrogen (secondary N) is 1. The summed E-state index contributed by atoms with van der Waals surface area (Å²) < 4.78 is 0. The van der Waals surface area contributed by atoms with Crippen LogP contribution in [0.1, 0.15) is 55.1 Å². The summed E-state index contributed by atoms with van der Waals surface area (Å²) >= 11 is 0. The van der Waals surface area contributed by atoms with Gasteiger partial charge in [-0.15, -0.1) is 0 Å². The first-order valence-electron chi connectivity index (χ1n) is 8.75. The van der Waals surface area contributed by atoms with Gasteiger partial charge in [0.15, 0.2) is 0 Å². The zero-order chi connectivity index (χ0) is 16.8. The summed E-state index contributed by atoms with van der Waals surface area (Å²) in [6, 6.07) is -0.628. The highest BCUT2D eigenvalue weighted by molar-refractivity contribution is 5.83. The van der Waals surface area contributed by atoms with Gasteiger partial charge in [-0.05, 0) is 52.7 Å². The summed E-state index contributed by atoms with van der Waals surface area (Å²) in [6.45, 7) is 8.00. The fraction of sp³-hybridized carbons (Fsp3) is 0.765. The number of aromatic amines is 1. The van der Waals surface area contributed by atoms with Crippen molar-refractivity contribution in [3.63, 3.8) is 0 Å². The molecule has 1 atom stereocenters. The lowest BCUT2D eigenvalue weighted by Crippen LogP contribution is -2.38. The van der Waals surface area contributed by atoms with Crippen molar-refractivity contribution in [3.05, 3.63) is 17.0 Å². The average molecular weight is 321 g/mol. The summed E-state index contributed by atoms with van der Waals surface area (Å²) in [6.07, 6.45) is 6.32. The topological polar surface area (TPSA) is 78.2 Å². The summed E-state index contributed by atoms with van der Waals surface area (Å²) in [5, 5.41) is 7.03. The average Bonchev–Trinajstić information content (AvgIpc) is 2.73. The molecule has 2 heterocycles. The number of likely N-dealkylation sites (N-methyl/N-ethyl adjacent to an activating group) is 1. The Hall–Kier alpha value is -1.40. The van der Waals surface area contributed by atoms with Crippen LogP contribution in [0.4, 0.5) is 0 Å². The van der Waals surface area contributed by atoms with Crippen LogP contribution in [0.15, 0.2) is 0 Å². The number of H-pyrrole nitrogens is 1. The predicted molar refractivity (Wildman–Crippen MR) is 92.2 cm³/mol. The molecule has 6 nitrogen and oxygen atoms in total. The van der Waals surface area contributed by atoms with Crippen LogP contribution in [0.2, 0.25) is 0 Å². The predicted octanol–water partition coefficient (Wildman–Crippen LogP) is 1.75. The van der Waals surface area contributed by atoms with Crippen LogP contribution in [0, 0.1) is 13.8 Å². The second-order valence-electron chi connectivity index (χ2n) is 6.69. The number of nitrogens with zero attached hydrogens (tertiary/aromatic N) is 3. The first-order valence-corrected chi connectivity index (χ1v) is 8.75. The number of hydrogen-bond donors (Lipinski definition) is 2. The summed E-state index contributed by atoms with van der Waals surface area (Å²) in [7, 11) is 1.84. The number of aryl methyl sites for hydroxylation is 2. The molecule has 1 aliphatic rings. The maximum atomic E-state index is 12.5. The van der Waals surface area contributed by atoms with Gasteiger partial charge in [0.2, 0.25) is 5.91 Å². The van der Waals surface area contributed by atoms with E-state index in [9.17, 15) is 4.79 Å². The molecule has 0 saturated carbocycles. The lowest BCUT2D eigenvalue weighted by atomic mass is 10.0. The van der Waals surface area contributed by atoms with Crippen molar-refractivity contribution in [1.29, 1.82) is 0 Å². The van der Waals surface area contributed by atoms with Gasteiger partial charge >= 0.3 is 0 Å². The summed E-state index contributed by atoms with van der Waals surface area (Å²) in [5.41, 5.74) is 8.67. The molecule has 1 aromatic heterocycles. The number of nitrogens with two attached hydrogens (primary N) is 1. The molecule has 1 fully saturated rings. The minimum absolute atomic E-state index is 0.0338. The van der Waals surface area contributed by atoms with Gasteiger partial charge in [-0.1, -0.05) is 12.8 Å². The number of rotatable bonds is 6. The smallest absolute Gasteiger partial charge is 0.243 e. The van der Waals surface area contributed by atoms with E-state index >= 15 is 0 Å². The number of amides is 1. The van der Waals surface area contributed by atoms with E-state index in [0.29, 0.717) is 0 Å². The molecular formula is C17H31N5O. The standard InChI is InChI=1S/C17H31N5O/c1-13-15(14(2)20-19-13)16(18)17(23)21(3)9-8-12-22-10-6-4-5-7-11-22/h16H,4-12,18H2,1-3H3,(H,19,20)/t16-/m1/s1. The molecule has 0 radical (unpaired) electrons. The maximum Gasteiger partial charge on any atom is 0.243 e. The van der Waals surface area contributed by atoms with Crippen molar-refractivity contribution in [2.75, 3.05) is 33.2 Å². The number of hydrogen-bond acceptors (Lipinski definition) is 4. The third kappa shape index (κ3) is 4.78. The fourth-order valence-corrected chi connectivity index (χ4v) is 3.38. The lowest BCUT2D eigenvalue weighted by Gasteiger charge is -2.24. The minimum atomic E-state index is -0.628. The SMILES string of the molecule is Cc1n[nH]c(C)c1[C@@H](N)C(=O)N(C)CCCN1CCCCCC1. The minimum Gasteiger partial charge on any atom is -0.344 e. The highest BCUT2D eigenvalue weighted by Crippen LogP contribution is 2.19. The van der Waals surface area contributed by atoms with Crippen molar-refractivity contribution >= 4 is 5.91 Å². The second kappa shape index (κ2) is 8.45. The van der Waals surface area contributed by atoms with Gasteiger partial charge in [-0.25, -0.2) is 0 Å². The van der Waals surface area contributed by atoms with Crippen LogP contribution >= 0.6 is 0 Å². The molecule has 0 aliphatic carbocycles. The largest absolute Gasteiger partial charge is 0.344 e. The molecular weight excluding hydrogens is 290 g/mol. The van der Waals surface area contributed by atoms with E-state index < -0.39 is 6.04 Å². The third-order valence-corrected chi connectivity index (χ3v) is 4.80. The van der Waals surface area contributed by atoms with Gasteiger partial charge in [0.1, 0.15) is 6.04 Å². The normalized spacial score (nSPS) is 17.7. The van der Waals surface area contributed by atoms with Crippen molar-refractivity contribution in [2.24, 2.45) is 5.73 Å². The van der Waals surface area contributed by atoms with Crippen LogP contribution < -0.4 is 5.73 Å². The van der Waals surface area contributed by atoms with E-state index in [1.165, 1.54) is 38.8 Å². The molecule has 1 aromatic rings. The van der Waals surface area contributed by atoms with Crippen LogP contribution in [-0.2, 0) is 4.79 Å². The van der Waals surface area contributed by atoms with Crippen LogP contribution in [0.3, 0.4) is 0 Å². The Bertz CT molecular complexity index is 486. The Labute approximate surface area is 139 Å². The molecule has 23 heavy (non-hydrogen) atoms. The third-order valence-electron chi connectivity index (χ3n) is 4.80. The molecule has 0 aromatic carbocycles. The molecule has 0 bridgehead atoms. The quantitative estimate of drug-likeness (QED) is 0.837. The maximum absolute atomic E-state index is 12.5. The lowest BCUT2D eigenvalue weighted by molar-refractivity contribution is -0.131. The molecule has 1 amide bonds. The van der Waals surface area contributed by atoms with Crippen molar-refractivity contribution in [2.45, 2.75) is 52.0 Å². The Morgan fingerprint density at radius 2 is 1.96 bits per heavy atom. The van der Waals surface area contributed by atoms with Gasteiger partial charge < -0.3 is 15.5 Å². The highest BCUT2D eigenvalue weighted by atomic mass is 16.2. The molecule has 6 heteroatoms. The Morgan fingerprint density at radius 3 is 2.52 bits per heavy atom. The van der Waals surface area contributed by atoms with Gasteiger partial charge in [0.05, 0.1) is 5.69 Å². The zero-order valence-electron chi connectivity index (χ0n) is 14.8. The first kappa shape index (κ1) is 17.9. The highest BCUT2D eigenvalue weighted by Gasteiger charge is 2.24. The molecule has 3 N–H and O–H groups in total. The zero-order valence-corrected chi connectivity index (χ0v) is 14.8. The van der Waals surface area contributed by atoms with Crippen molar-refractivity contribution in [3.8, 4) is 0 Å². The van der Waals surface area contributed by atoms with Crippen molar-refractivity contribution in [1.82, 2.24) is 20.0 Å². The number of aromatic nitrogens is 2. The number of carbonyl (C=O) groups excluding carboxylic acids is 1. The Kier molecular flexibility index (Phi) is 6.59. The van der Waals surface area contributed by atoms with Gasteiger partial charge in [-0.3, -0.25) is 9.89 Å². The van der Waals surface area contributed by atoms with Crippen LogP contribution in [-0.4, -0.2) is 59.1 Å². The molecule has 1 aliphatic heterocycles. The molecule has 1 saturated heterocycles. The number of carbonyl (C=O) groups is 1. The van der Waals surface area contributed by atoms with Crippen molar-refractivity contribution < 1.29 is 4.79 Å². The van der Waals surface area contributed by atoms with E-state index in [1.54, 1.807) is 4.90 Å². The molecule has 2 rings (SSSR count). The van der Waals surface area contributed by atoms with Gasteiger partial charge in [-0.2, -0.15) is 5.10 Å². The monoisotopic (exact) mass is 321 g/mol. The van der Waals surface area contributed by atoms with Gasteiger partial charge in [0.25, 0.3) is 0 Å². The Balaban J connectivity index is 1.80. The van der Waals surface area contributed by atoms with E-state index in [1.807, 2.05) is 20.9 Å². The van der Waals surface area contributed by atoms with Gasteiger partial charge in [0, 0.05) is 24.8 Å². The number of likely N-dealkylation sites (tertiary alicyclic amines) is 1. The van der Waals surface area contributed by atoms with E-state index in [2.05, 4.69) is 15.1 Å². The van der Waals surface area contributed by atoms with E-state index in [-0.39, 0.29) is 5.91 Å². The molecule has 130 valence electrons. The van der Waals surface area contributed by atoms with E-state index in [4.69, 9.17) is 5.73 Å². The molecule has 0 unspecified atom stereocenters. The summed E-state index contributed by atoms with van der Waals surface area (Å²) in [4.78, 5) is 16.8. The van der Waals surface area contributed by atoms with E-state index in [0.717, 1.165) is 36.5 Å². The fourth-order valence-electron chi connectivity index (χ4n) is 3.38. The summed E-state index contributed by atoms with van der Waals surface area (Å²) in [5.74, 6) is -0.0338.